The molecule has 4 heteroatoms. The summed E-state index contributed by atoms with van der Waals surface area (Å²) in [5, 5.41) is 4.22. The van der Waals surface area contributed by atoms with Crippen molar-refractivity contribution in [3.8, 4) is 0 Å². The van der Waals surface area contributed by atoms with Crippen LogP contribution in [0.15, 0.2) is 34.9 Å². The van der Waals surface area contributed by atoms with E-state index in [0.29, 0.717) is 0 Å². The Bertz CT molecular complexity index is 542. The Morgan fingerprint density at radius 1 is 1.21 bits per heavy atom. The molecular weight excluding hydrogens is 240 g/mol. The second-order valence-electron chi connectivity index (χ2n) is 4.22. The minimum atomic E-state index is 0.106. The van der Waals surface area contributed by atoms with E-state index >= 15 is 0 Å². The molecular formula is C15H20N2O2. The molecule has 1 aromatic carbocycles. The minimum absolute atomic E-state index is 0.106. The van der Waals surface area contributed by atoms with Gasteiger partial charge in [-0.1, -0.05) is 13.8 Å². The lowest BCUT2D eigenvalue weighted by Crippen LogP contribution is -2.46. The number of fused-ring (bicyclic) bond motifs is 1. The third-order valence-corrected chi connectivity index (χ3v) is 3.10. The summed E-state index contributed by atoms with van der Waals surface area (Å²) >= 11 is 0. The zero-order valence-electron chi connectivity index (χ0n) is 11.5. The van der Waals surface area contributed by atoms with E-state index in [1.807, 2.05) is 43.0 Å². The molecule has 1 aliphatic heterocycles. The van der Waals surface area contributed by atoms with Gasteiger partial charge in [0, 0.05) is 37.1 Å². The molecule has 0 radical (unpaired) electrons. The molecule has 19 heavy (non-hydrogen) atoms. The van der Waals surface area contributed by atoms with Crippen LogP contribution < -0.4 is 5.32 Å². The fraction of sp³-hybridized carbons (Fsp3) is 0.400. The first-order chi connectivity index (χ1) is 9.34. The molecule has 1 saturated heterocycles. The van der Waals surface area contributed by atoms with Gasteiger partial charge >= 0.3 is 0 Å². The van der Waals surface area contributed by atoms with Crippen LogP contribution in [-0.4, -0.2) is 37.0 Å². The first-order valence-electron chi connectivity index (χ1n) is 6.82. The third-order valence-electron chi connectivity index (χ3n) is 3.10. The van der Waals surface area contributed by atoms with E-state index in [2.05, 4.69) is 5.32 Å². The lowest BCUT2D eigenvalue weighted by atomic mass is 10.1. The first-order valence-corrected chi connectivity index (χ1v) is 6.82. The number of nitrogens with zero attached hydrogens (tertiary/aromatic N) is 1. The molecule has 0 saturated carbocycles. The average Bonchev–Trinajstić information content (AvgIpc) is 2.97. The molecule has 0 aliphatic carbocycles. The summed E-state index contributed by atoms with van der Waals surface area (Å²) in [7, 11) is 0. The predicted octanol–water partition coefficient (Wildman–Crippen LogP) is 2.50. The Balaban J connectivity index is 0.000000637. The number of rotatable bonds is 1. The highest BCUT2D eigenvalue weighted by atomic mass is 16.3. The molecule has 1 fully saturated rings. The second kappa shape index (κ2) is 6.38. The van der Waals surface area contributed by atoms with Gasteiger partial charge in [0.15, 0.2) is 0 Å². The molecule has 102 valence electrons. The van der Waals surface area contributed by atoms with Crippen LogP contribution >= 0.6 is 0 Å². The summed E-state index contributed by atoms with van der Waals surface area (Å²) in [6, 6.07) is 7.45. The molecule has 2 aromatic rings. The zero-order valence-corrected chi connectivity index (χ0v) is 11.5. The normalized spacial score (nSPS) is 14.9. The molecule has 0 atom stereocenters. The average molecular weight is 260 g/mol. The number of hydrogen-bond donors (Lipinski definition) is 1. The van der Waals surface area contributed by atoms with Crippen LogP contribution in [0, 0.1) is 0 Å². The lowest BCUT2D eigenvalue weighted by Gasteiger charge is -2.27. The summed E-state index contributed by atoms with van der Waals surface area (Å²) < 4.78 is 5.26. The third kappa shape index (κ3) is 2.96. The standard InChI is InChI=1S/C13H14N2O2.C2H6/c16-13(15-6-4-14-5-7-15)11-1-2-12-10(9-11)3-8-17-12;1-2/h1-3,8-9,14H,4-7H2;1-2H3. The second-order valence-corrected chi connectivity index (χ2v) is 4.22. The van der Waals surface area contributed by atoms with Gasteiger partial charge in [-0.3, -0.25) is 4.79 Å². The van der Waals surface area contributed by atoms with E-state index in [-0.39, 0.29) is 5.91 Å². The van der Waals surface area contributed by atoms with Crippen molar-refractivity contribution < 1.29 is 9.21 Å². The van der Waals surface area contributed by atoms with Crippen molar-refractivity contribution >= 4 is 16.9 Å². The number of hydrogen-bond acceptors (Lipinski definition) is 3. The minimum Gasteiger partial charge on any atom is -0.464 e. The molecule has 1 aromatic heterocycles. The zero-order chi connectivity index (χ0) is 13.7. The van der Waals surface area contributed by atoms with Crippen molar-refractivity contribution in [2.75, 3.05) is 26.2 Å². The number of carbonyl (C=O) groups excluding carboxylic acids is 1. The molecule has 2 heterocycles. The van der Waals surface area contributed by atoms with Gasteiger partial charge in [0.2, 0.25) is 0 Å². The van der Waals surface area contributed by atoms with Gasteiger partial charge in [0.05, 0.1) is 6.26 Å². The number of piperazine rings is 1. The highest BCUT2D eigenvalue weighted by Crippen LogP contribution is 2.18. The molecule has 4 nitrogen and oxygen atoms in total. The maximum Gasteiger partial charge on any atom is 0.253 e. The summed E-state index contributed by atoms with van der Waals surface area (Å²) in [6.07, 6.45) is 1.64. The molecule has 0 unspecified atom stereocenters. The van der Waals surface area contributed by atoms with Gasteiger partial charge in [-0.2, -0.15) is 0 Å². The first kappa shape index (κ1) is 13.6. The van der Waals surface area contributed by atoms with Crippen LogP contribution in [0.5, 0.6) is 0 Å². The van der Waals surface area contributed by atoms with Crippen molar-refractivity contribution in [3.63, 3.8) is 0 Å². The number of benzene rings is 1. The van der Waals surface area contributed by atoms with Crippen LogP contribution in [0.2, 0.25) is 0 Å². The molecule has 0 bridgehead atoms. The molecule has 3 rings (SSSR count). The maximum atomic E-state index is 12.2. The maximum absolute atomic E-state index is 12.2. The summed E-state index contributed by atoms with van der Waals surface area (Å²) in [6.45, 7) is 7.31. The lowest BCUT2D eigenvalue weighted by molar-refractivity contribution is 0.0736. The van der Waals surface area contributed by atoms with E-state index in [1.54, 1.807) is 6.26 Å². The van der Waals surface area contributed by atoms with E-state index in [1.165, 1.54) is 0 Å². The Morgan fingerprint density at radius 3 is 2.68 bits per heavy atom. The Labute approximate surface area is 113 Å². The quantitative estimate of drug-likeness (QED) is 0.857. The van der Waals surface area contributed by atoms with Gasteiger partial charge in [0.1, 0.15) is 5.58 Å². The topological polar surface area (TPSA) is 45.5 Å². The smallest absolute Gasteiger partial charge is 0.253 e. The van der Waals surface area contributed by atoms with Gasteiger partial charge < -0.3 is 14.6 Å². The van der Waals surface area contributed by atoms with Crippen molar-refractivity contribution in [2.24, 2.45) is 0 Å². The summed E-state index contributed by atoms with van der Waals surface area (Å²) in [4.78, 5) is 14.1. The monoisotopic (exact) mass is 260 g/mol. The van der Waals surface area contributed by atoms with Gasteiger partial charge in [0.25, 0.3) is 5.91 Å². The van der Waals surface area contributed by atoms with Crippen molar-refractivity contribution in [2.45, 2.75) is 13.8 Å². The fourth-order valence-electron chi connectivity index (χ4n) is 2.15. The van der Waals surface area contributed by atoms with Gasteiger partial charge in [-0.15, -0.1) is 0 Å². The van der Waals surface area contributed by atoms with Crippen LogP contribution in [-0.2, 0) is 0 Å². The number of furan rings is 1. The van der Waals surface area contributed by atoms with E-state index < -0.39 is 0 Å². The van der Waals surface area contributed by atoms with Gasteiger partial charge in [-0.05, 0) is 24.3 Å². The number of nitrogens with one attached hydrogen (secondary N) is 1. The van der Waals surface area contributed by atoms with Crippen molar-refractivity contribution in [1.82, 2.24) is 10.2 Å². The Hall–Kier alpha value is -1.81. The fourth-order valence-corrected chi connectivity index (χ4v) is 2.15. The molecule has 1 N–H and O–H groups in total. The summed E-state index contributed by atoms with van der Waals surface area (Å²) in [5.41, 5.74) is 1.56. The van der Waals surface area contributed by atoms with Crippen LogP contribution in [0.4, 0.5) is 0 Å². The molecule has 1 aliphatic rings. The number of amides is 1. The molecule has 1 amide bonds. The SMILES string of the molecule is CC.O=C(c1ccc2occc2c1)N1CCNCC1. The predicted molar refractivity (Wildman–Crippen MR) is 76.3 cm³/mol. The highest BCUT2D eigenvalue weighted by Gasteiger charge is 2.18. The van der Waals surface area contributed by atoms with E-state index in [9.17, 15) is 4.79 Å². The van der Waals surface area contributed by atoms with Gasteiger partial charge in [-0.25, -0.2) is 0 Å². The van der Waals surface area contributed by atoms with Crippen molar-refractivity contribution in [3.05, 3.63) is 36.1 Å². The van der Waals surface area contributed by atoms with Crippen molar-refractivity contribution in [1.29, 1.82) is 0 Å². The van der Waals surface area contributed by atoms with Crippen LogP contribution in [0.1, 0.15) is 24.2 Å². The summed E-state index contributed by atoms with van der Waals surface area (Å²) in [5.74, 6) is 0.106. The molecule has 0 spiro atoms. The number of carbonyl (C=O) groups is 1. The largest absolute Gasteiger partial charge is 0.464 e. The Morgan fingerprint density at radius 2 is 1.95 bits per heavy atom. The van der Waals surface area contributed by atoms with E-state index in [4.69, 9.17) is 4.42 Å². The van der Waals surface area contributed by atoms with E-state index in [0.717, 1.165) is 42.7 Å². The highest BCUT2D eigenvalue weighted by molar-refractivity contribution is 5.97. The Kier molecular flexibility index (Phi) is 4.58. The van der Waals surface area contributed by atoms with Crippen LogP contribution in [0.25, 0.3) is 11.0 Å². The van der Waals surface area contributed by atoms with Crippen LogP contribution in [0.3, 0.4) is 0 Å².